The van der Waals surface area contributed by atoms with Gasteiger partial charge in [0.25, 0.3) is 0 Å². The number of thioether (sulfide) groups is 1. The van der Waals surface area contributed by atoms with E-state index < -0.39 is 11.2 Å². The van der Waals surface area contributed by atoms with E-state index in [-0.39, 0.29) is 18.1 Å². The SMILES string of the molecule is O=C(O)CC1SC(=NN=Cc2ccccc2)N(c2ccc(O)cc2)C1=O. The number of rotatable bonds is 5. The molecule has 0 aromatic heterocycles. The molecule has 1 saturated heterocycles. The summed E-state index contributed by atoms with van der Waals surface area (Å²) in [5.74, 6) is -1.37. The summed E-state index contributed by atoms with van der Waals surface area (Å²) in [5.41, 5.74) is 1.34. The number of carbonyl (C=O) groups is 2. The van der Waals surface area contributed by atoms with E-state index in [0.29, 0.717) is 10.9 Å². The molecule has 0 saturated carbocycles. The summed E-state index contributed by atoms with van der Waals surface area (Å²) < 4.78 is 0. The lowest BCUT2D eigenvalue weighted by Gasteiger charge is -2.15. The number of carboxylic acid groups (broad SMARTS) is 1. The molecule has 132 valence electrons. The maximum Gasteiger partial charge on any atom is 0.305 e. The zero-order valence-electron chi connectivity index (χ0n) is 13.5. The first-order valence-electron chi connectivity index (χ1n) is 7.72. The first kappa shape index (κ1) is 17.7. The zero-order chi connectivity index (χ0) is 18.5. The zero-order valence-corrected chi connectivity index (χ0v) is 14.3. The van der Waals surface area contributed by atoms with Gasteiger partial charge in [0.2, 0.25) is 5.91 Å². The van der Waals surface area contributed by atoms with Crippen molar-refractivity contribution in [3.63, 3.8) is 0 Å². The van der Waals surface area contributed by atoms with Crippen LogP contribution in [0.1, 0.15) is 12.0 Å². The largest absolute Gasteiger partial charge is 0.508 e. The number of phenolic OH excluding ortho intramolecular Hbond substituents is 1. The quantitative estimate of drug-likeness (QED) is 0.623. The fraction of sp³-hybridized carbons (Fsp3) is 0.111. The van der Waals surface area contributed by atoms with Crippen LogP contribution in [-0.2, 0) is 9.59 Å². The van der Waals surface area contributed by atoms with Gasteiger partial charge in [0, 0.05) is 0 Å². The second kappa shape index (κ2) is 7.83. The van der Waals surface area contributed by atoms with Crippen molar-refractivity contribution < 1.29 is 19.8 Å². The number of amidine groups is 1. The fourth-order valence-corrected chi connectivity index (χ4v) is 3.43. The number of aliphatic carboxylic acids is 1. The number of aromatic hydroxyl groups is 1. The summed E-state index contributed by atoms with van der Waals surface area (Å²) >= 11 is 1.06. The van der Waals surface area contributed by atoms with Crippen LogP contribution in [0.3, 0.4) is 0 Å². The molecule has 0 spiro atoms. The number of carbonyl (C=O) groups excluding carboxylic acids is 1. The van der Waals surface area contributed by atoms with Crippen molar-refractivity contribution in [2.24, 2.45) is 10.2 Å². The van der Waals surface area contributed by atoms with E-state index in [1.165, 1.54) is 17.0 Å². The molecule has 1 amide bonds. The van der Waals surface area contributed by atoms with Crippen LogP contribution in [0.5, 0.6) is 5.75 Å². The second-order valence-electron chi connectivity index (χ2n) is 5.43. The Bertz CT molecular complexity index is 866. The van der Waals surface area contributed by atoms with Crippen LogP contribution >= 0.6 is 11.8 Å². The minimum absolute atomic E-state index is 0.0655. The van der Waals surface area contributed by atoms with E-state index in [0.717, 1.165) is 17.3 Å². The van der Waals surface area contributed by atoms with Crippen molar-refractivity contribution in [3.8, 4) is 5.75 Å². The number of hydrogen-bond donors (Lipinski definition) is 2. The van der Waals surface area contributed by atoms with E-state index in [9.17, 15) is 14.7 Å². The van der Waals surface area contributed by atoms with Crippen LogP contribution in [-0.4, -0.2) is 38.7 Å². The molecule has 1 fully saturated rings. The van der Waals surface area contributed by atoms with Crippen molar-refractivity contribution >= 4 is 40.7 Å². The molecular formula is C18H15N3O4S. The van der Waals surface area contributed by atoms with Crippen molar-refractivity contribution in [2.75, 3.05) is 4.90 Å². The molecule has 0 radical (unpaired) electrons. The third kappa shape index (κ3) is 4.09. The lowest BCUT2D eigenvalue weighted by Crippen LogP contribution is -2.32. The highest BCUT2D eigenvalue weighted by molar-refractivity contribution is 8.16. The van der Waals surface area contributed by atoms with Crippen molar-refractivity contribution in [3.05, 3.63) is 60.2 Å². The van der Waals surface area contributed by atoms with Crippen molar-refractivity contribution in [2.45, 2.75) is 11.7 Å². The molecule has 0 aliphatic carbocycles. The van der Waals surface area contributed by atoms with Gasteiger partial charge < -0.3 is 10.2 Å². The highest BCUT2D eigenvalue weighted by Crippen LogP contribution is 2.34. The second-order valence-corrected chi connectivity index (χ2v) is 6.60. The Labute approximate surface area is 153 Å². The number of hydrogen-bond acceptors (Lipinski definition) is 6. The van der Waals surface area contributed by atoms with Gasteiger partial charge in [0.15, 0.2) is 5.17 Å². The minimum Gasteiger partial charge on any atom is -0.508 e. The number of phenols is 1. The molecule has 2 aromatic rings. The highest BCUT2D eigenvalue weighted by atomic mass is 32.2. The van der Waals surface area contributed by atoms with Crippen molar-refractivity contribution in [1.82, 2.24) is 0 Å². The average Bonchev–Trinajstić information content (AvgIpc) is 2.92. The van der Waals surface area contributed by atoms with Gasteiger partial charge in [-0.1, -0.05) is 42.1 Å². The van der Waals surface area contributed by atoms with E-state index in [1.807, 2.05) is 30.3 Å². The van der Waals surface area contributed by atoms with Crippen LogP contribution in [0, 0.1) is 0 Å². The molecule has 0 bridgehead atoms. The Morgan fingerprint density at radius 3 is 2.50 bits per heavy atom. The molecule has 2 aromatic carbocycles. The molecule has 1 aliphatic rings. The monoisotopic (exact) mass is 369 g/mol. The van der Waals surface area contributed by atoms with Crippen LogP contribution < -0.4 is 4.90 Å². The predicted molar refractivity (Wildman–Crippen MR) is 101 cm³/mol. The molecule has 1 unspecified atom stereocenters. The molecule has 2 N–H and O–H groups in total. The van der Waals surface area contributed by atoms with E-state index >= 15 is 0 Å². The third-order valence-corrected chi connectivity index (χ3v) is 4.68. The average molecular weight is 369 g/mol. The summed E-state index contributed by atoms with van der Waals surface area (Å²) in [6, 6.07) is 15.4. The molecule has 26 heavy (non-hydrogen) atoms. The molecule has 8 heteroatoms. The van der Waals surface area contributed by atoms with Crippen molar-refractivity contribution in [1.29, 1.82) is 0 Å². The maximum absolute atomic E-state index is 12.6. The smallest absolute Gasteiger partial charge is 0.305 e. The summed E-state index contributed by atoms with van der Waals surface area (Å²) in [4.78, 5) is 24.9. The lowest BCUT2D eigenvalue weighted by atomic mass is 10.2. The fourth-order valence-electron chi connectivity index (χ4n) is 2.35. The first-order valence-corrected chi connectivity index (χ1v) is 8.60. The standard InChI is InChI=1S/C18H15N3O4S/c22-14-8-6-13(7-9-14)21-17(25)15(10-16(23)24)26-18(21)20-19-11-12-4-2-1-3-5-12/h1-9,11,15,22H,10H2,(H,23,24). The molecule has 7 nitrogen and oxygen atoms in total. The van der Waals surface area contributed by atoms with Gasteiger partial charge in [-0.05, 0) is 29.8 Å². The van der Waals surface area contributed by atoms with E-state index in [4.69, 9.17) is 5.11 Å². The summed E-state index contributed by atoms with van der Waals surface area (Å²) in [7, 11) is 0. The Morgan fingerprint density at radius 1 is 1.15 bits per heavy atom. The minimum atomic E-state index is -1.06. The number of anilines is 1. The van der Waals surface area contributed by atoms with Gasteiger partial charge in [-0.2, -0.15) is 5.10 Å². The van der Waals surface area contributed by atoms with Crippen LogP contribution in [0.25, 0.3) is 0 Å². The van der Waals surface area contributed by atoms with Crippen LogP contribution in [0.15, 0.2) is 64.8 Å². The van der Waals surface area contributed by atoms with Gasteiger partial charge in [0.1, 0.15) is 11.0 Å². The van der Waals surface area contributed by atoms with E-state index in [2.05, 4.69) is 10.2 Å². The predicted octanol–water partition coefficient (Wildman–Crippen LogP) is 2.71. The topological polar surface area (TPSA) is 103 Å². The number of amides is 1. The highest BCUT2D eigenvalue weighted by Gasteiger charge is 2.40. The van der Waals surface area contributed by atoms with Crippen LogP contribution in [0.4, 0.5) is 5.69 Å². The Morgan fingerprint density at radius 2 is 1.85 bits per heavy atom. The molecular weight excluding hydrogens is 354 g/mol. The third-order valence-electron chi connectivity index (χ3n) is 3.55. The molecule has 1 atom stereocenters. The summed E-state index contributed by atoms with van der Waals surface area (Å²) in [6.07, 6.45) is 1.25. The Kier molecular flexibility index (Phi) is 5.33. The van der Waals surface area contributed by atoms with E-state index in [1.54, 1.807) is 18.3 Å². The Balaban J connectivity index is 1.90. The molecule has 1 heterocycles. The van der Waals surface area contributed by atoms with Gasteiger partial charge in [-0.3, -0.25) is 14.5 Å². The van der Waals surface area contributed by atoms with Gasteiger partial charge in [0.05, 0.1) is 18.3 Å². The summed E-state index contributed by atoms with van der Waals surface area (Å²) in [5, 5.41) is 26.1. The first-order chi connectivity index (χ1) is 12.5. The lowest BCUT2D eigenvalue weighted by molar-refractivity contribution is -0.138. The summed E-state index contributed by atoms with van der Waals surface area (Å²) in [6.45, 7) is 0. The number of benzene rings is 2. The van der Waals surface area contributed by atoms with Crippen LogP contribution in [0.2, 0.25) is 0 Å². The number of nitrogens with zero attached hydrogens (tertiary/aromatic N) is 3. The Hall–Kier alpha value is -3.13. The van der Waals surface area contributed by atoms with Gasteiger partial charge >= 0.3 is 5.97 Å². The molecule has 3 rings (SSSR count). The van der Waals surface area contributed by atoms with Gasteiger partial charge in [-0.15, -0.1) is 5.10 Å². The number of carboxylic acids is 1. The normalized spacial score (nSPS) is 18.8. The molecule has 1 aliphatic heterocycles. The maximum atomic E-state index is 12.6. The van der Waals surface area contributed by atoms with Gasteiger partial charge in [-0.25, -0.2) is 0 Å².